The van der Waals surface area contributed by atoms with Crippen molar-refractivity contribution in [1.29, 1.82) is 0 Å². The number of rotatable bonds is 5. The number of ether oxygens (including phenoxy) is 1. The predicted molar refractivity (Wildman–Crippen MR) is 105 cm³/mol. The zero-order chi connectivity index (χ0) is 19.6. The number of carbonyl (C=O) groups excluding carboxylic acids is 1. The number of carbonyl (C=O) groups is 1. The molecule has 0 fully saturated rings. The van der Waals surface area contributed by atoms with Crippen molar-refractivity contribution in [2.24, 2.45) is 10.1 Å². The van der Waals surface area contributed by atoms with Crippen LogP contribution >= 0.6 is 0 Å². The Kier molecular flexibility index (Phi) is 5.13. The quantitative estimate of drug-likeness (QED) is 0.721. The van der Waals surface area contributed by atoms with Gasteiger partial charge < -0.3 is 15.8 Å². The van der Waals surface area contributed by atoms with Crippen LogP contribution in [0, 0.1) is 6.92 Å². The Morgan fingerprint density at radius 2 is 2.15 bits per heavy atom. The lowest BCUT2D eigenvalue weighted by molar-refractivity contribution is 0.0880. The molecule has 142 valence electrons. The SMILES string of the molecule is Cc1cc(C(=O)NC(C)(C)COc2cccc3c2C(N)=NS(=O)N3)ccn1. The smallest absolute Gasteiger partial charge is 0.251 e. The minimum Gasteiger partial charge on any atom is -0.490 e. The Hall–Kier alpha value is -2.94. The van der Waals surface area contributed by atoms with Gasteiger partial charge in [-0.2, -0.15) is 4.40 Å². The van der Waals surface area contributed by atoms with E-state index in [2.05, 4.69) is 19.4 Å². The number of amides is 1. The minimum atomic E-state index is -1.60. The first kappa shape index (κ1) is 18.8. The van der Waals surface area contributed by atoms with Gasteiger partial charge in [0.05, 0.1) is 16.8 Å². The van der Waals surface area contributed by atoms with Crippen molar-refractivity contribution in [1.82, 2.24) is 10.3 Å². The highest BCUT2D eigenvalue weighted by atomic mass is 32.2. The maximum atomic E-state index is 12.5. The number of amidine groups is 1. The fourth-order valence-corrected chi connectivity index (χ4v) is 3.29. The third kappa shape index (κ3) is 4.43. The average molecular weight is 387 g/mol. The van der Waals surface area contributed by atoms with Crippen molar-refractivity contribution in [3.8, 4) is 5.75 Å². The first-order valence-corrected chi connectivity index (χ1v) is 9.40. The maximum absolute atomic E-state index is 12.5. The molecular formula is C18H21N5O3S. The van der Waals surface area contributed by atoms with Crippen LogP contribution in [0.25, 0.3) is 0 Å². The van der Waals surface area contributed by atoms with Gasteiger partial charge in [-0.25, -0.2) is 4.21 Å². The van der Waals surface area contributed by atoms with Gasteiger partial charge in [0, 0.05) is 17.5 Å². The number of fused-ring (bicyclic) bond motifs is 1. The Bertz CT molecular complexity index is 942. The predicted octanol–water partition coefficient (Wildman–Crippen LogP) is 1.69. The molecule has 1 unspecified atom stereocenters. The molecule has 4 N–H and O–H groups in total. The molecule has 3 rings (SSSR count). The van der Waals surface area contributed by atoms with Gasteiger partial charge in [-0.05, 0) is 45.0 Å². The second-order valence-corrected chi connectivity index (χ2v) is 7.70. The monoisotopic (exact) mass is 387 g/mol. The summed E-state index contributed by atoms with van der Waals surface area (Å²) in [5.41, 5.74) is 7.72. The maximum Gasteiger partial charge on any atom is 0.251 e. The van der Waals surface area contributed by atoms with Crippen LogP contribution in [0.5, 0.6) is 5.75 Å². The number of nitrogens with two attached hydrogens (primary N) is 1. The highest BCUT2D eigenvalue weighted by Crippen LogP contribution is 2.30. The lowest BCUT2D eigenvalue weighted by Gasteiger charge is -2.27. The van der Waals surface area contributed by atoms with E-state index in [9.17, 15) is 9.00 Å². The summed E-state index contributed by atoms with van der Waals surface area (Å²) in [6.45, 7) is 5.75. The van der Waals surface area contributed by atoms with Crippen LogP contribution in [0.3, 0.4) is 0 Å². The number of benzene rings is 1. The highest BCUT2D eigenvalue weighted by Gasteiger charge is 2.25. The summed E-state index contributed by atoms with van der Waals surface area (Å²) >= 11 is -1.60. The summed E-state index contributed by atoms with van der Waals surface area (Å²) in [5.74, 6) is 0.439. The molecule has 1 aliphatic rings. The molecule has 9 heteroatoms. The fraction of sp³-hybridized carbons (Fsp3) is 0.278. The summed E-state index contributed by atoms with van der Waals surface area (Å²) < 4.78 is 24.1. The van der Waals surface area contributed by atoms with Crippen molar-refractivity contribution in [3.63, 3.8) is 0 Å². The van der Waals surface area contributed by atoms with Crippen LogP contribution < -0.4 is 20.5 Å². The average Bonchev–Trinajstić information content (AvgIpc) is 2.59. The molecule has 0 spiro atoms. The van der Waals surface area contributed by atoms with Gasteiger partial charge >= 0.3 is 0 Å². The number of nitrogens with one attached hydrogen (secondary N) is 2. The summed E-state index contributed by atoms with van der Waals surface area (Å²) in [7, 11) is 0. The molecule has 8 nitrogen and oxygen atoms in total. The zero-order valence-electron chi connectivity index (χ0n) is 15.3. The van der Waals surface area contributed by atoms with Crippen molar-refractivity contribution >= 4 is 28.6 Å². The van der Waals surface area contributed by atoms with Gasteiger partial charge in [0.2, 0.25) is 11.2 Å². The lowest BCUT2D eigenvalue weighted by atomic mass is 10.1. The van der Waals surface area contributed by atoms with Crippen LogP contribution in [-0.4, -0.2) is 33.1 Å². The summed E-state index contributed by atoms with van der Waals surface area (Å²) in [6.07, 6.45) is 1.60. The molecule has 0 radical (unpaired) electrons. The largest absolute Gasteiger partial charge is 0.490 e. The number of nitrogens with zero attached hydrogens (tertiary/aromatic N) is 2. The number of hydrogen-bond acceptors (Lipinski definition) is 5. The van der Waals surface area contributed by atoms with Crippen LogP contribution in [0.2, 0.25) is 0 Å². The summed E-state index contributed by atoms with van der Waals surface area (Å²) in [4.78, 5) is 16.6. The van der Waals surface area contributed by atoms with Gasteiger partial charge in [0.1, 0.15) is 18.2 Å². The van der Waals surface area contributed by atoms with Gasteiger partial charge in [-0.1, -0.05) is 6.07 Å². The van der Waals surface area contributed by atoms with E-state index >= 15 is 0 Å². The molecule has 1 aliphatic heterocycles. The molecule has 1 amide bonds. The van der Waals surface area contributed by atoms with E-state index in [0.29, 0.717) is 22.6 Å². The molecule has 1 aromatic heterocycles. The standard InChI is InChI=1S/C18H21N5O3S/c1-11-9-12(7-8-20-11)17(24)21-18(2,3)10-26-14-6-4-5-13-15(14)16(19)23-27(25)22-13/h4-9,22H,10H2,1-3H3,(H2,19,23)(H,21,24). The van der Waals surface area contributed by atoms with E-state index in [1.165, 1.54) is 0 Å². The first-order chi connectivity index (χ1) is 12.7. The molecular weight excluding hydrogens is 366 g/mol. The van der Waals surface area contributed by atoms with E-state index in [1.54, 1.807) is 36.5 Å². The molecule has 0 aliphatic carbocycles. The Labute approximate surface area is 160 Å². The number of hydrogen-bond donors (Lipinski definition) is 3. The van der Waals surface area contributed by atoms with E-state index in [1.807, 2.05) is 20.8 Å². The van der Waals surface area contributed by atoms with Crippen LogP contribution in [0.15, 0.2) is 40.9 Å². The highest BCUT2D eigenvalue weighted by molar-refractivity contribution is 7.85. The van der Waals surface area contributed by atoms with Crippen molar-refractivity contribution < 1.29 is 13.7 Å². The van der Waals surface area contributed by atoms with Crippen molar-refractivity contribution in [2.75, 3.05) is 11.3 Å². The van der Waals surface area contributed by atoms with E-state index in [4.69, 9.17) is 10.5 Å². The topological polar surface area (TPSA) is 119 Å². The summed E-state index contributed by atoms with van der Waals surface area (Å²) in [6, 6.07) is 8.66. The third-order valence-electron chi connectivity index (χ3n) is 3.86. The summed E-state index contributed by atoms with van der Waals surface area (Å²) in [5, 5.41) is 2.95. The first-order valence-electron chi connectivity index (χ1n) is 8.29. The van der Waals surface area contributed by atoms with Crippen LogP contribution in [-0.2, 0) is 11.2 Å². The molecule has 2 aromatic rings. The van der Waals surface area contributed by atoms with Crippen molar-refractivity contribution in [3.05, 3.63) is 53.3 Å². The Morgan fingerprint density at radius 3 is 2.89 bits per heavy atom. The van der Waals surface area contributed by atoms with Gasteiger partial charge in [-0.3, -0.25) is 14.5 Å². The molecule has 0 bridgehead atoms. The van der Waals surface area contributed by atoms with Crippen LogP contribution in [0.1, 0.15) is 35.5 Å². The molecule has 1 aromatic carbocycles. The molecule has 0 saturated carbocycles. The normalized spacial score (nSPS) is 16.0. The lowest BCUT2D eigenvalue weighted by Crippen LogP contribution is -2.48. The molecule has 1 atom stereocenters. The Balaban J connectivity index is 1.72. The minimum absolute atomic E-state index is 0.145. The van der Waals surface area contributed by atoms with E-state index in [-0.39, 0.29) is 18.3 Å². The van der Waals surface area contributed by atoms with Gasteiger partial charge in [0.15, 0.2) is 0 Å². The molecule has 0 saturated heterocycles. The van der Waals surface area contributed by atoms with E-state index < -0.39 is 16.7 Å². The zero-order valence-corrected chi connectivity index (χ0v) is 16.1. The second kappa shape index (κ2) is 7.36. The third-order valence-corrected chi connectivity index (χ3v) is 4.62. The fourth-order valence-electron chi connectivity index (χ4n) is 2.61. The van der Waals surface area contributed by atoms with Crippen LogP contribution in [0.4, 0.5) is 5.69 Å². The van der Waals surface area contributed by atoms with Gasteiger partial charge in [0.25, 0.3) is 5.91 Å². The second-order valence-electron chi connectivity index (χ2n) is 6.82. The number of aryl methyl sites for hydroxylation is 1. The number of pyridine rings is 1. The molecule has 2 heterocycles. The van der Waals surface area contributed by atoms with E-state index in [0.717, 1.165) is 5.69 Å². The van der Waals surface area contributed by atoms with Crippen molar-refractivity contribution in [2.45, 2.75) is 26.3 Å². The number of aromatic nitrogens is 1. The Morgan fingerprint density at radius 1 is 1.37 bits per heavy atom. The number of anilines is 1. The molecule has 27 heavy (non-hydrogen) atoms. The van der Waals surface area contributed by atoms with Gasteiger partial charge in [-0.15, -0.1) is 0 Å².